The molecule has 4 aromatic carbocycles. The van der Waals surface area contributed by atoms with Gasteiger partial charge in [-0.25, -0.2) is 8.42 Å². The number of carbonyl (C=O) groups is 2. The monoisotopic (exact) mass is 627 g/mol. The van der Waals surface area contributed by atoms with Crippen LogP contribution in [0, 0.1) is 6.92 Å². The summed E-state index contributed by atoms with van der Waals surface area (Å²) in [5.74, 6) is -0.511. The summed E-state index contributed by atoms with van der Waals surface area (Å²) in [4.78, 5) is 30.0. The third-order valence-corrected chi connectivity index (χ3v) is 9.12. The Hall–Kier alpha value is -4.63. The van der Waals surface area contributed by atoms with Crippen molar-refractivity contribution in [1.82, 2.24) is 10.2 Å². The summed E-state index contributed by atoms with van der Waals surface area (Å²) in [6.07, 6.45) is 0.248. The molecule has 0 aromatic heterocycles. The molecule has 0 saturated carbocycles. The van der Waals surface area contributed by atoms with Gasteiger partial charge in [0.05, 0.1) is 17.2 Å². The van der Waals surface area contributed by atoms with E-state index < -0.39 is 28.5 Å². The molecule has 0 unspecified atom stereocenters. The van der Waals surface area contributed by atoms with Crippen molar-refractivity contribution >= 4 is 27.5 Å². The molecule has 0 bridgehead atoms. The fourth-order valence-electron chi connectivity index (χ4n) is 5.08. The van der Waals surface area contributed by atoms with E-state index in [0.29, 0.717) is 12.4 Å². The van der Waals surface area contributed by atoms with Gasteiger partial charge in [0, 0.05) is 19.0 Å². The van der Waals surface area contributed by atoms with Gasteiger partial charge in [-0.05, 0) is 68.7 Å². The zero-order chi connectivity index (χ0) is 32.4. The summed E-state index contributed by atoms with van der Waals surface area (Å²) < 4.78 is 35.3. The van der Waals surface area contributed by atoms with Crippen LogP contribution in [-0.2, 0) is 32.6 Å². The average Bonchev–Trinajstić information content (AvgIpc) is 3.03. The summed E-state index contributed by atoms with van der Waals surface area (Å²) in [5, 5.41) is 2.98. The Bertz CT molecular complexity index is 1680. The van der Waals surface area contributed by atoms with E-state index in [2.05, 4.69) is 5.32 Å². The maximum atomic E-state index is 14.6. The van der Waals surface area contributed by atoms with Crippen LogP contribution in [-0.4, -0.2) is 50.4 Å². The highest BCUT2D eigenvalue weighted by atomic mass is 32.2. The van der Waals surface area contributed by atoms with E-state index in [9.17, 15) is 18.0 Å². The summed E-state index contributed by atoms with van der Waals surface area (Å²) >= 11 is 0. The summed E-state index contributed by atoms with van der Waals surface area (Å²) in [5.41, 5.74) is 2.92. The van der Waals surface area contributed by atoms with E-state index in [1.807, 2.05) is 82.3 Å². The van der Waals surface area contributed by atoms with E-state index in [1.165, 1.54) is 17.0 Å². The number of hydrogen-bond donors (Lipinski definition) is 1. The molecule has 0 heterocycles. The van der Waals surface area contributed by atoms with Gasteiger partial charge in [-0.3, -0.25) is 13.9 Å². The van der Waals surface area contributed by atoms with Crippen molar-refractivity contribution in [1.29, 1.82) is 0 Å². The van der Waals surface area contributed by atoms with Gasteiger partial charge in [0.2, 0.25) is 11.8 Å². The standard InChI is InChI=1S/C36H41N3O5S/c1-5-44-34-23-15-14-22-32(34)39(45(42,43)31-20-10-7-11-21-31)26-35(40)38(25-30-19-13-12-16-28(30)4)33(36(41)37-27(2)3)24-29-17-8-6-9-18-29/h6-23,27,33H,5,24-26H2,1-4H3,(H,37,41)/t33-/m0/s1. The van der Waals surface area contributed by atoms with Gasteiger partial charge in [0.25, 0.3) is 10.0 Å². The molecule has 0 aliphatic carbocycles. The van der Waals surface area contributed by atoms with E-state index in [4.69, 9.17) is 4.74 Å². The molecule has 8 nitrogen and oxygen atoms in total. The summed E-state index contributed by atoms with van der Waals surface area (Å²) in [6.45, 7) is 7.35. The molecule has 1 atom stereocenters. The molecule has 236 valence electrons. The Balaban J connectivity index is 1.84. The van der Waals surface area contributed by atoms with Crippen molar-refractivity contribution in [2.75, 3.05) is 17.5 Å². The minimum absolute atomic E-state index is 0.0351. The van der Waals surface area contributed by atoms with Gasteiger partial charge in [-0.2, -0.15) is 0 Å². The minimum Gasteiger partial charge on any atom is -0.492 e. The average molecular weight is 628 g/mol. The van der Waals surface area contributed by atoms with Gasteiger partial charge in [-0.1, -0.05) is 84.9 Å². The molecule has 4 aromatic rings. The van der Waals surface area contributed by atoms with E-state index >= 15 is 0 Å². The van der Waals surface area contributed by atoms with Gasteiger partial charge in [0.1, 0.15) is 18.3 Å². The highest BCUT2D eigenvalue weighted by Gasteiger charge is 2.35. The summed E-state index contributed by atoms with van der Waals surface area (Å²) in [6, 6.07) is 30.8. The van der Waals surface area contributed by atoms with Crippen LogP contribution in [0.25, 0.3) is 0 Å². The minimum atomic E-state index is -4.22. The van der Waals surface area contributed by atoms with Crippen molar-refractivity contribution < 1.29 is 22.7 Å². The van der Waals surface area contributed by atoms with E-state index in [1.54, 1.807) is 42.5 Å². The van der Waals surface area contributed by atoms with Crippen molar-refractivity contribution in [3.63, 3.8) is 0 Å². The zero-order valence-corrected chi connectivity index (χ0v) is 27.0. The smallest absolute Gasteiger partial charge is 0.264 e. The highest BCUT2D eigenvalue weighted by Crippen LogP contribution is 2.33. The Morgan fingerprint density at radius 3 is 2.07 bits per heavy atom. The first-order valence-electron chi connectivity index (χ1n) is 15.1. The number of hydrogen-bond acceptors (Lipinski definition) is 5. The third kappa shape index (κ3) is 8.51. The number of aryl methyl sites for hydroxylation is 1. The molecular formula is C36H41N3O5S. The van der Waals surface area contributed by atoms with Gasteiger partial charge in [-0.15, -0.1) is 0 Å². The number of rotatable bonds is 14. The van der Waals surface area contributed by atoms with Crippen molar-refractivity contribution in [3.8, 4) is 5.75 Å². The molecule has 0 aliphatic heterocycles. The largest absolute Gasteiger partial charge is 0.492 e. The van der Waals surface area contributed by atoms with Crippen LogP contribution in [0.3, 0.4) is 0 Å². The second-order valence-corrected chi connectivity index (χ2v) is 12.9. The first kappa shape index (κ1) is 33.3. The Morgan fingerprint density at radius 2 is 1.42 bits per heavy atom. The van der Waals surface area contributed by atoms with Crippen molar-refractivity contribution in [2.45, 2.75) is 57.6 Å². The maximum Gasteiger partial charge on any atom is 0.264 e. The maximum absolute atomic E-state index is 14.6. The van der Waals surface area contributed by atoms with Crippen LogP contribution in [0.4, 0.5) is 5.69 Å². The molecule has 4 rings (SSSR count). The molecule has 45 heavy (non-hydrogen) atoms. The quantitative estimate of drug-likeness (QED) is 0.192. The van der Waals surface area contributed by atoms with Crippen LogP contribution < -0.4 is 14.4 Å². The predicted molar refractivity (Wildman–Crippen MR) is 178 cm³/mol. The lowest BCUT2D eigenvalue weighted by Crippen LogP contribution is -2.54. The molecule has 0 fully saturated rings. The lowest BCUT2D eigenvalue weighted by molar-refractivity contribution is -0.140. The molecule has 9 heteroatoms. The molecule has 1 N–H and O–H groups in total. The molecular weight excluding hydrogens is 586 g/mol. The molecule has 0 saturated heterocycles. The Labute approximate surface area is 266 Å². The molecule has 0 spiro atoms. The highest BCUT2D eigenvalue weighted by molar-refractivity contribution is 7.92. The van der Waals surface area contributed by atoms with Crippen LogP contribution in [0.15, 0.2) is 114 Å². The number of para-hydroxylation sites is 2. The number of ether oxygens (including phenoxy) is 1. The summed E-state index contributed by atoms with van der Waals surface area (Å²) in [7, 11) is -4.22. The Morgan fingerprint density at radius 1 is 0.822 bits per heavy atom. The van der Waals surface area contributed by atoms with Crippen LogP contribution in [0.2, 0.25) is 0 Å². The lowest BCUT2D eigenvalue weighted by atomic mass is 10.0. The number of benzene rings is 4. The zero-order valence-electron chi connectivity index (χ0n) is 26.2. The van der Waals surface area contributed by atoms with Gasteiger partial charge in [0.15, 0.2) is 0 Å². The number of nitrogens with one attached hydrogen (secondary N) is 1. The van der Waals surface area contributed by atoms with E-state index in [-0.39, 0.29) is 35.5 Å². The normalized spacial score (nSPS) is 11.9. The number of amides is 2. The Kier molecular flexibility index (Phi) is 11.4. The molecule has 2 amide bonds. The lowest BCUT2D eigenvalue weighted by Gasteiger charge is -2.34. The third-order valence-electron chi connectivity index (χ3n) is 7.35. The predicted octanol–water partition coefficient (Wildman–Crippen LogP) is 5.75. The molecule has 0 aliphatic rings. The number of nitrogens with zero attached hydrogens (tertiary/aromatic N) is 2. The SMILES string of the molecule is CCOc1ccccc1N(CC(=O)N(Cc1ccccc1C)[C@@H](Cc1ccccc1)C(=O)NC(C)C)S(=O)(=O)c1ccccc1. The second-order valence-electron chi connectivity index (χ2n) is 11.0. The van der Waals surface area contributed by atoms with Crippen LogP contribution in [0.5, 0.6) is 5.75 Å². The van der Waals surface area contributed by atoms with Gasteiger partial charge >= 0.3 is 0 Å². The van der Waals surface area contributed by atoms with Crippen molar-refractivity contribution in [3.05, 3.63) is 126 Å². The van der Waals surface area contributed by atoms with Gasteiger partial charge < -0.3 is 15.0 Å². The first-order valence-corrected chi connectivity index (χ1v) is 16.5. The topological polar surface area (TPSA) is 96.0 Å². The van der Waals surface area contributed by atoms with Crippen LogP contribution >= 0.6 is 0 Å². The second kappa shape index (κ2) is 15.4. The number of carbonyl (C=O) groups excluding carboxylic acids is 2. The molecule has 0 radical (unpaired) electrons. The van der Waals surface area contributed by atoms with Crippen molar-refractivity contribution in [2.24, 2.45) is 0 Å². The number of sulfonamides is 1. The fraction of sp³-hybridized carbons (Fsp3) is 0.278. The number of anilines is 1. The van der Waals surface area contributed by atoms with Crippen LogP contribution in [0.1, 0.15) is 37.5 Å². The first-order chi connectivity index (χ1) is 21.6. The van der Waals surface area contributed by atoms with E-state index in [0.717, 1.165) is 21.0 Å². The fourth-order valence-corrected chi connectivity index (χ4v) is 6.53.